The zero-order valence-corrected chi connectivity index (χ0v) is 12.5. The lowest BCUT2D eigenvalue weighted by Crippen LogP contribution is -2.34. The molecule has 0 spiro atoms. The Morgan fingerprint density at radius 2 is 1.75 bits per heavy atom. The van der Waals surface area contributed by atoms with Crippen LogP contribution in [0.25, 0.3) is 11.0 Å². The summed E-state index contributed by atoms with van der Waals surface area (Å²) in [5.74, 6) is -1.31. The predicted octanol–water partition coefficient (Wildman–Crippen LogP) is 3.43. The zero-order chi connectivity index (χ0) is 16.7. The molecule has 2 unspecified atom stereocenters. The minimum absolute atomic E-state index is 0.158. The molecule has 2 aromatic carbocycles. The number of nitrogens with one attached hydrogen (secondary N) is 1. The van der Waals surface area contributed by atoms with Crippen molar-refractivity contribution in [1.29, 1.82) is 10.7 Å². The van der Waals surface area contributed by atoms with E-state index in [1.54, 1.807) is 18.2 Å². The third kappa shape index (κ3) is 2.01. The molecule has 3 aromatic rings. The SMILES string of the molecule is N#CC1C(=N)Oc2c(c(=O)oc3ccccc23)C1c1ccccc1. The van der Waals surface area contributed by atoms with E-state index in [1.165, 1.54) is 0 Å². The van der Waals surface area contributed by atoms with Gasteiger partial charge in [-0.25, -0.2) is 4.79 Å². The fourth-order valence-corrected chi connectivity index (χ4v) is 3.16. The fourth-order valence-electron chi connectivity index (χ4n) is 3.16. The Kier molecular flexibility index (Phi) is 3.17. The Hall–Kier alpha value is -3.39. The minimum atomic E-state index is -0.871. The number of fused-ring (bicyclic) bond motifs is 3. The van der Waals surface area contributed by atoms with E-state index >= 15 is 0 Å². The normalized spacial score (nSPS) is 19.4. The number of benzene rings is 2. The van der Waals surface area contributed by atoms with Crippen molar-refractivity contribution < 1.29 is 9.15 Å². The molecule has 1 aromatic heterocycles. The molecule has 2 heterocycles. The number of nitrogens with zero attached hydrogens (tertiary/aromatic N) is 1. The molecular weight excluding hydrogens is 304 g/mol. The van der Waals surface area contributed by atoms with Gasteiger partial charge < -0.3 is 9.15 Å². The molecule has 4 rings (SSSR count). The van der Waals surface area contributed by atoms with Gasteiger partial charge in [-0.05, 0) is 17.7 Å². The van der Waals surface area contributed by atoms with Crippen molar-refractivity contribution >= 4 is 16.9 Å². The number of hydrogen-bond donors (Lipinski definition) is 1. The van der Waals surface area contributed by atoms with Gasteiger partial charge in [-0.2, -0.15) is 5.26 Å². The summed E-state index contributed by atoms with van der Waals surface area (Å²) in [6.45, 7) is 0. The third-order valence-corrected chi connectivity index (χ3v) is 4.24. The number of para-hydroxylation sites is 1. The van der Waals surface area contributed by atoms with Crippen LogP contribution in [0.2, 0.25) is 0 Å². The maximum Gasteiger partial charge on any atom is 0.343 e. The smallest absolute Gasteiger partial charge is 0.343 e. The van der Waals surface area contributed by atoms with Gasteiger partial charge in [0.1, 0.15) is 11.5 Å². The van der Waals surface area contributed by atoms with Gasteiger partial charge in [0.15, 0.2) is 5.75 Å². The van der Waals surface area contributed by atoms with Crippen LogP contribution in [0.3, 0.4) is 0 Å². The Morgan fingerprint density at radius 3 is 2.50 bits per heavy atom. The van der Waals surface area contributed by atoms with Crippen LogP contribution >= 0.6 is 0 Å². The van der Waals surface area contributed by atoms with Crippen LogP contribution in [0.5, 0.6) is 5.75 Å². The number of ether oxygens (including phenoxy) is 1. The summed E-state index contributed by atoms with van der Waals surface area (Å²) in [5, 5.41) is 18.3. The van der Waals surface area contributed by atoms with Crippen LogP contribution in [0, 0.1) is 22.7 Å². The summed E-state index contributed by atoms with van der Waals surface area (Å²) in [5.41, 5.74) is 0.935. The molecule has 0 amide bonds. The summed E-state index contributed by atoms with van der Waals surface area (Å²) in [6.07, 6.45) is 0. The van der Waals surface area contributed by atoms with Gasteiger partial charge in [-0.1, -0.05) is 42.5 Å². The van der Waals surface area contributed by atoms with Crippen molar-refractivity contribution in [2.24, 2.45) is 5.92 Å². The maximum absolute atomic E-state index is 12.6. The first-order valence-electron chi connectivity index (χ1n) is 7.47. The molecule has 1 N–H and O–H groups in total. The quantitative estimate of drug-likeness (QED) is 0.697. The molecule has 0 aliphatic carbocycles. The van der Waals surface area contributed by atoms with Crippen LogP contribution in [-0.2, 0) is 0 Å². The monoisotopic (exact) mass is 316 g/mol. The van der Waals surface area contributed by atoms with Crippen molar-refractivity contribution in [1.82, 2.24) is 0 Å². The molecule has 24 heavy (non-hydrogen) atoms. The summed E-state index contributed by atoms with van der Waals surface area (Å²) in [7, 11) is 0. The second kappa shape index (κ2) is 5.36. The van der Waals surface area contributed by atoms with Crippen molar-refractivity contribution in [3.05, 3.63) is 76.1 Å². The standard InChI is InChI=1S/C19H12N2O3/c20-10-13-15(11-6-2-1-3-7-11)16-17(24-18(13)21)12-8-4-5-9-14(12)23-19(16)22/h1-9,13,15,21H. The van der Waals surface area contributed by atoms with Gasteiger partial charge in [-0.15, -0.1) is 0 Å². The van der Waals surface area contributed by atoms with E-state index in [-0.39, 0.29) is 5.90 Å². The molecule has 0 fully saturated rings. The number of hydrogen-bond acceptors (Lipinski definition) is 5. The molecule has 116 valence electrons. The molecule has 0 bridgehead atoms. The van der Waals surface area contributed by atoms with E-state index in [2.05, 4.69) is 6.07 Å². The largest absolute Gasteiger partial charge is 0.441 e. The van der Waals surface area contributed by atoms with Gasteiger partial charge in [-0.3, -0.25) is 5.41 Å². The second-order valence-corrected chi connectivity index (χ2v) is 5.59. The molecule has 0 radical (unpaired) electrons. The Labute approximate surface area is 137 Å². The fraction of sp³-hybridized carbons (Fsp3) is 0.105. The molecule has 1 aliphatic rings. The third-order valence-electron chi connectivity index (χ3n) is 4.24. The lowest BCUT2D eigenvalue weighted by atomic mass is 9.79. The first-order chi connectivity index (χ1) is 11.7. The topological polar surface area (TPSA) is 87.1 Å². The van der Waals surface area contributed by atoms with E-state index < -0.39 is 17.5 Å². The van der Waals surface area contributed by atoms with E-state index in [0.29, 0.717) is 22.3 Å². The molecule has 0 saturated carbocycles. The van der Waals surface area contributed by atoms with Gasteiger partial charge in [0.25, 0.3) is 0 Å². The average molecular weight is 316 g/mol. The first-order valence-corrected chi connectivity index (χ1v) is 7.47. The molecule has 1 aliphatic heterocycles. The molecular formula is C19H12N2O3. The lowest BCUT2D eigenvalue weighted by Gasteiger charge is -2.29. The van der Waals surface area contributed by atoms with Crippen LogP contribution in [-0.4, -0.2) is 5.90 Å². The van der Waals surface area contributed by atoms with Crippen LogP contribution < -0.4 is 10.4 Å². The van der Waals surface area contributed by atoms with Gasteiger partial charge >= 0.3 is 5.63 Å². The number of nitriles is 1. The molecule has 5 heteroatoms. The van der Waals surface area contributed by atoms with Crippen LogP contribution in [0.1, 0.15) is 17.0 Å². The lowest BCUT2D eigenvalue weighted by molar-refractivity contribution is 0.431. The number of rotatable bonds is 1. The Bertz CT molecular complexity index is 1050. The Morgan fingerprint density at radius 1 is 1.04 bits per heavy atom. The predicted molar refractivity (Wildman–Crippen MR) is 88.2 cm³/mol. The summed E-state index contributed by atoms with van der Waals surface area (Å²) in [6, 6.07) is 18.3. The Balaban J connectivity index is 2.08. The van der Waals surface area contributed by atoms with Crippen LogP contribution in [0.15, 0.2) is 63.8 Å². The molecule has 5 nitrogen and oxygen atoms in total. The average Bonchev–Trinajstić information content (AvgIpc) is 2.61. The maximum atomic E-state index is 12.6. The highest BCUT2D eigenvalue weighted by molar-refractivity contribution is 5.92. The van der Waals surface area contributed by atoms with Crippen LogP contribution in [0.4, 0.5) is 0 Å². The van der Waals surface area contributed by atoms with E-state index in [4.69, 9.17) is 14.6 Å². The van der Waals surface area contributed by atoms with Gasteiger partial charge in [0.2, 0.25) is 5.90 Å². The second-order valence-electron chi connectivity index (χ2n) is 5.59. The molecule has 0 saturated heterocycles. The van der Waals surface area contributed by atoms with Gasteiger partial charge in [0, 0.05) is 5.92 Å². The first kappa shape index (κ1) is 14.2. The minimum Gasteiger partial charge on any atom is -0.441 e. The van der Waals surface area contributed by atoms with Crippen molar-refractivity contribution in [2.75, 3.05) is 0 Å². The highest BCUT2D eigenvalue weighted by atomic mass is 16.5. The highest BCUT2D eigenvalue weighted by Gasteiger charge is 2.40. The van der Waals surface area contributed by atoms with E-state index in [1.807, 2.05) is 36.4 Å². The highest BCUT2D eigenvalue weighted by Crippen LogP contribution is 2.43. The molecule has 2 atom stereocenters. The van der Waals surface area contributed by atoms with E-state index in [0.717, 1.165) is 5.56 Å². The van der Waals surface area contributed by atoms with Gasteiger partial charge in [0.05, 0.1) is 17.0 Å². The van der Waals surface area contributed by atoms with E-state index in [9.17, 15) is 10.1 Å². The van der Waals surface area contributed by atoms with Crippen molar-refractivity contribution in [3.63, 3.8) is 0 Å². The zero-order valence-electron chi connectivity index (χ0n) is 12.5. The summed E-state index contributed by atoms with van der Waals surface area (Å²) in [4.78, 5) is 12.6. The van der Waals surface area contributed by atoms with Crippen molar-refractivity contribution in [2.45, 2.75) is 5.92 Å². The van der Waals surface area contributed by atoms with Crippen molar-refractivity contribution in [3.8, 4) is 11.8 Å². The summed E-state index contributed by atoms with van der Waals surface area (Å²) < 4.78 is 11.0. The summed E-state index contributed by atoms with van der Waals surface area (Å²) >= 11 is 0.